The van der Waals surface area contributed by atoms with Crippen LogP contribution >= 0.6 is 8.25 Å². The Morgan fingerprint density at radius 3 is 1.27 bits per heavy atom. The largest absolute Gasteiger partial charge is 0.692 e. The van der Waals surface area contributed by atoms with Gasteiger partial charge in [0.05, 0.1) is 0 Å². The highest BCUT2D eigenvalue weighted by Gasteiger charge is 1.93. The highest BCUT2D eigenvalue weighted by molar-refractivity contribution is 7.30. The molecule has 5 N–H and O–H groups in total. The predicted molar refractivity (Wildman–Crippen MR) is 36.9 cm³/mol. The lowest BCUT2D eigenvalue weighted by atomic mass is 11.1. The molecule has 1 aromatic rings. The molecular weight excluding hydrogens is 171 g/mol. The molecule has 0 saturated heterocycles. The van der Waals surface area contributed by atoms with Crippen molar-refractivity contribution >= 4 is 8.25 Å². The van der Waals surface area contributed by atoms with Crippen molar-refractivity contribution in [1.29, 1.82) is 0 Å². The molecule has 11 heavy (non-hydrogen) atoms. The number of hydrogen-bond donors (Lipinski definition) is 3. The smallest absolute Gasteiger partial charge is 0.344 e. The topological polar surface area (TPSA) is 131 Å². The molecule has 1 heterocycles. The fourth-order valence-electron chi connectivity index (χ4n) is 0.205. The number of nitrogens with zero attached hydrogens (tertiary/aromatic N) is 3. The molecule has 0 fully saturated rings. The Morgan fingerprint density at radius 1 is 1.00 bits per heavy atom. The van der Waals surface area contributed by atoms with E-state index in [-0.39, 0.29) is 6.15 Å². The average molecular weight is 179 g/mol. The second kappa shape index (κ2) is 8.99. The van der Waals surface area contributed by atoms with Gasteiger partial charge in [-0.25, -0.2) is 15.0 Å². The lowest BCUT2D eigenvalue weighted by Crippen LogP contribution is -1.73. The molecular formula is C3H8N4O3P+. The van der Waals surface area contributed by atoms with Crippen LogP contribution in [0.15, 0.2) is 19.0 Å². The van der Waals surface area contributed by atoms with Crippen LogP contribution in [0.5, 0.6) is 0 Å². The Labute approximate surface area is 63.7 Å². The van der Waals surface area contributed by atoms with Crippen LogP contribution in [0, 0.1) is 0 Å². The van der Waals surface area contributed by atoms with Crippen molar-refractivity contribution < 1.29 is 14.4 Å². The molecule has 0 aliphatic carbocycles. The van der Waals surface area contributed by atoms with Crippen LogP contribution in [0.1, 0.15) is 0 Å². The van der Waals surface area contributed by atoms with E-state index in [0.29, 0.717) is 0 Å². The van der Waals surface area contributed by atoms with Crippen molar-refractivity contribution in [3.63, 3.8) is 0 Å². The fourth-order valence-corrected chi connectivity index (χ4v) is 0.205. The molecule has 0 saturated carbocycles. The standard InChI is InChI=1S/C3H3N3.H3N.HO3P/c1-4-2-6-3-5-1;;1-4(2)3/h1-3H;1H3;(H-,1,2,3)/p+1. The minimum absolute atomic E-state index is 0. The summed E-state index contributed by atoms with van der Waals surface area (Å²) in [5, 5.41) is 0. The van der Waals surface area contributed by atoms with Crippen LogP contribution in [0.25, 0.3) is 0 Å². The summed E-state index contributed by atoms with van der Waals surface area (Å²) in [5.41, 5.74) is 0. The van der Waals surface area contributed by atoms with E-state index in [9.17, 15) is 0 Å². The minimum atomic E-state index is -2.87. The van der Waals surface area contributed by atoms with Gasteiger partial charge >= 0.3 is 8.25 Å². The van der Waals surface area contributed by atoms with Crippen molar-refractivity contribution in [2.75, 3.05) is 0 Å². The van der Waals surface area contributed by atoms with Gasteiger partial charge in [0.1, 0.15) is 19.0 Å². The zero-order chi connectivity index (χ0) is 7.82. The highest BCUT2D eigenvalue weighted by Crippen LogP contribution is 1.98. The van der Waals surface area contributed by atoms with E-state index in [1.807, 2.05) is 0 Å². The molecule has 62 valence electrons. The van der Waals surface area contributed by atoms with Crippen molar-refractivity contribution in [3.8, 4) is 0 Å². The molecule has 0 aromatic carbocycles. The summed E-state index contributed by atoms with van der Waals surface area (Å²) in [5.74, 6) is 0. The second-order valence-corrected chi connectivity index (χ2v) is 1.55. The van der Waals surface area contributed by atoms with Crippen molar-refractivity contribution in [2.24, 2.45) is 0 Å². The summed E-state index contributed by atoms with van der Waals surface area (Å²) in [7, 11) is -2.87. The first kappa shape index (κ1) is 12.6. The molecule has 0 aliphatic heterocycles. The van der Waals surface area contributed by atoms with E-state index < -0.39 is 8.25 Å². The summed E-state index contributed by atoms with van der Waals surface area (Å²) in [6.07, 6.45) is 4.31. The van der Waals surface area contributed by atoms with Gasteiger partial charge in [-0.3, -0.25) is 0 Å². The van der Waals surface area contributed by atoms with Crippen molar-refractivity contribution in [3.05, 3.63) is 19.0 Å². The molecule has 1 aromatic heterocycles. The maximum absolute atomic E-state index is 8.70. The van der Waals surface area contributed by atoms with Crippen molar-refractivity contribution in [1.82, 2.24) is 21.1 Å². The van der Waals surface area contributed by atoms with Gasteiger partial charge in [0.2, 0.25) is 0 Å². The van der Waals surface area contributed by atoms with Crippen LogP contribution in [0.2, 0.25) is 0 Å². The molecule has 0 radical (unpaired) electrons. The van der Waals surface area contributed by atoms with Crippen LogP contribution in [-0.2, 0) is 4.57 Å². The molecule has 0 bridgehead atoms. The summed E-state index contributed by atoms with van der Waals surface area (Å²) in [6.45, 7) is 0. The minimum Gasteiger partial charge on any atom is -0.344 e. The van der Waals surface area contributed by atoms with Gasteiger partial charge < -0.3 is 6.15 Å². The molecule has 7 nitrogen and oxygen atoms in total. The average Bonchev–Trinajstić information content (AvgIpc) is 1.90. The molecule has 0 aliphatic rings. The summed E-state index contributed by atoms with van der Waals surface area (Å²) >= 11 is 0. The van der Waals surface area contributed by atoms with Gasteiger partial charge in [0.25, 0.3) is 0 Å². The Kier molecular flexibility index (Phi) is 10.3. The van der Waals surface area contributed by atoms with E-state index in [0.717, 1.165) is 0 Å². The van der Waals surface area contributed by atoms with E-state index in [2.05, 4.69) is 15.0 Å². The van der Waals surface area contributed by atoms with Gasteiger partial charge in [-0.15, -0.1) is 9.79 Å². The summed E-state index contributed by atoms with van der Waals surface area (Å²) in [6, 6.07) is 0. The Hall–Kier alpha value is -1.01. The zero-order valence-corrected chi connectivity index (χ0v) is 6.43. The van der Waals surface area contributed by atoms with E-state index in [1.165, 1.54) is 19.0 Å². The first-order valence-corrected chi connectivity index (χ1v) is 3.30. The van der Waals surface area contributed by atoms with Crippen LogP contribution in [0.4, 0.5) is 0 Å². The Balaban J connectivity index is 0. The molecule has 0 unspecified atom stereocenters. The predicted octanol–water partition coefficient (Wildman–Crippen LogP) is -0.338. The number of aromatic nitrogens is 3. The molecule has 0 spiro atoms. The number of hydrogen-bond acceptors (Lipinski definition) is 5. The normalized spacial score (nSPS) is 6.73. The maximum atomic E-state index is 8.70. The van der Waals surface area contributed by atoms with Gasteiger partial charge in [-0.2, -0.15) is 0 Å². The monoisotopic (exact) mass is 179 g/mol. The third-order valence-electron chi connectivity index (χ3n) is 0.400. The Morgan fingerprint density at radius 2 is 1.18 bits per heavy atom. The first-order valence-electron chi connectivity index (χ1n) is 2.13. The lowest BCUT2D eigenvalue weighted by molar-refractivity contribution is 0.405. The van der Waals surface area contributed by atoms with Crippen LogP contribution < -0.4 is 6.15 Å². The zero-order valence-electron chi connectivity index (χ0n) is 5.53. The third-order valence-corrected chi connectivity index (χ3v) is 0.400. The molecule has 1 rings (SSSR count). The van der Waals surface area contributed by atoms with Crippen LogP contribution in [-0.4, -0.2) is 24.7 Å². The van der Waals surface area contributed by atoms with E-state index in [1.54, 1.807) is 0 Å². The Bertz CT molecular complexity index is 152. The highest BCUT2D eigenvalue weighted by atomic mass is 31.1. The quantitative estimate of drug-likeness (QED) is 0.464. The van der Waals surface area contributed by atoms with E-state index >= 15 is 0 Å². The second-order valence-electron chi connectivity index (χ2n) is 1.05. The van der Waals surface area contributed by atoms with Gasteiger partial charge in [0, 0.05) is 4.57 Å². The summed E-state index contributed by atoms with van der Waals surface area (Å²) in [4.78, 5) is 24.9. The molecule has 8 heteroatoms. The first-order chi connectivity index (χ1) is 4.73. The number of rotatable bonds is 0. The van der Waals surface area contributed by atoms with E-state index in [4.69, 9.17) is 14.4 Å². The van der Waals surface area contributed by atoms with Crippen LogP contribution in [0.3, 0.4) is 0 Å². The molecule has 0 atom stereocenters. The van der Waals surface area contributed by atoms with Gasteiger partial charge in [-0.05, 0) is 0 Å². The third kappa shape index (κ3) is 17.6. The molecule has 0 amide bonds. The van der Waals surface area contributed by atoms with Crippen molar-refractivity contribution in [2.45, 2.75) is 0 Å². The maximum Gasteiger partial charge on any atom is 0.692 e. The van der Waals surface area contributed by atoms with Gasteiger partial charge in [0.15, 0.2) is 0 Å². The van der Waals surface area contributed by atoms with Gasteiger partial charge in [-0.1, -0.05) is 0 Å². The lowest BCUT2D eigenvalue weighted by Gasteiger charge is -1.69. The fraction of sp³-hybridized carbons (Fsp3) is 0. The summed E-state index contributed by atoms with van der Waals surface area (Å²) < 4.78 is 8.70. The SMILES string of the molecule is N.O=[P+](O)O.c1ncncn1.